The molecule has 0 aliphatic rings. The van der Waals surface area contributed by atoms with Gasteiger partial charge >= 0.3 is 6.09 Å². The van der Waals surface area contributed by atoms with Crippen molar-refractivity contribution >= 4 is 6.09 Å². The van der Waals surface area contributed by atoms with E-state index in [1.807, 2.05) is 20.8 Å². The van der Waals surface area contributed by atoms with Crippen molar-refractivity contribution < 1.29 is 9.53 Å². The average Bonchev–Trinajstić information content (AvgIpc) is 2.26. The Balaban J connectivity index is 4.12. The number of amides is 1. The van der Waals surface area contributed by atoms with Crippen LogP contribution < -0.4 is 10.6 Å². The number of alkyl carbamates (subject to hydrolysis) is 1. The molecule has 0 aliphatic heterocycles. The summed E-state index contributed by atoms with van der Waals surface area (Å²) in [5.41, 5.74) is -0.444. The fourth-order valence-electron chi connectivity index (χ4n) is 2.00. The second-order valence-corrected chi connectivity index (χ2v) is 7.04. The van der Waals surface area contributed by atoms with Crippen LogP contribution in [0.25, 0.3) is 0 Å². The van der Waals surface area contributed by atoms with Crippen molar-refractivity contribution in [1.29, 1.82) is 0 Å². The van der Waals surface area contributed by atoms with Gasteiger partial charge in [-0.05, 0) is 45.6 Å². The highest BCUT2D eigenvalue weighted by atomic mass is 16.6. The lowest BCUT2D eigenvalue weighted by Gasteiger charge is -2.26. The number of nitrogens with one attached hydrogen (secondary N) is 2. The molecule has 0 saturated heterocycles. The van der Waals surface area contributed by atoms with Crippen LogP contribution in [0.4, 0.5) is 4.79 Å². The first-order valence-corrected chi connectivity index (χ1v) is 7.86. The van der Waals surface area contributed by atoms with Gasteiger partial charge in [-0.25, -0.2) is 4.79 Å². The van der Waals surface area contributed by atoms with Gasteiger partial charge in [0.2, 0.25) is 0 Å². The van der Waals surface area contributed by atoms with Gasteiger partial charge < -0.3 is 15.4 Å². The smallest absolute Gasteiger partial charge is 0.407 e. The maximum Gasteiger partial charge on any atom is 0.407 e. The molecule has 0 rings (SSSR count). The third kappa shape index (κ3) is 10.1. The summed E-state index contributed by atoms with van der Waals surface area (Å²) in [6, 6.07) is 0.279. The van der Waals surface area contributed by atoms with E-state index in [-0.39, 0.29) is 12.1 Å². The number of rotatable bonds is 8. The van der Waals surface area contributed by atoms with E-state index < -0.39 is 5.60 Å². The number of carbonyl (C=O) groups is 1. The van der Waals surface area contributed by atoms with Crippen molar-refractivity contribution in [2.75, 3.05) is 13.1 Å². The highest BCUT2D eigenvalue weighted by Gasteiger charge is 2.19. The van der Waals surface area contributed by atoms with E-state index in [1.165, 1.54) is 12.8 Å². The van der Waals surface area contributed by atoms with Crippen LogP contribution in [0.5, 0.6) is 0 Å². The maximum absolute atomic E-state index is 11.7. The highest BCUT2D eigenvalue weighted by molar-refractivity contribution is 5.67. The number of hydrogen-bond donors (Lipinski definition) is 2. The zero-order valence-electron chi connectivity index (χ0n) is 14.4. The molecule has 0 aromatic rings. The van der Waals surface area contributed by atoms with Gasteiger partial charge in [-0.15, -0.1) is 0 Å². The van der Waals surface area contributed by atoms with E-state index in [9.17, 15) is 4.79 Å². The molecule has 0 saturated carbocycles. The Morgan fingerprint density at radius 1 is 1.15 bits per heavy atom. The summed E-state index contributed by atoms with van der Waals surface area (Å²) in [4.78, 5) is 11.7. The summed E-state index contributed by atoms with van der Waals surface area (Å²) in [6.45, 7) is 16.0. The van der Waals surface area contributed by atoms with E-state index in [0.29, 0.717) is 18.4 Å². The van der Waals surface area contributed by atoms with Crippen LogP contribution in [-0.4, -0.2) is 30.8 Å². The quantitative estimate of drug-likeness (QED) is 0.717. The Kier molecular flexibility index (Phi) is 8.86. The van der Waals surface area contributed by atoms with E-state index in [1.54, 1.807) is 0 Å². The highest BCUT2D eigenvalue weighted by Crippen LogP contribution is 2.08. The van der Waals surface area contributed by atoms with Crippen molar-refractivity contribution in [2.24, 2.45) is 11.8 Å². The molecule has 1 amide bonds. The zero-order chi connectivity index (χ0) is 15.8. The molecule has 0 bridgehead atoms. The molecule has 20 heavy (non-hydrogen) atoms. The summed E-state index contributed by atoms with van der Waals surface area (Å²) < 4.78 is 5.25. The Morgan fingerprint density at radius 2 is 1.75 bits per heavy atom. The first-order valence-electron chi connectivity index (χ1n) is 7.86. The topological polar surface area (TPSA) is 50.4 Å². The third-order valence-electron chi connectivity index (χ3n) is 3.18. The molecule has 2 unspecified atom stereocenters. The van der Waals surface area contributed by atoms with Crippen LogP contribution in [0.1, 0.15) is 61.3 Å². The van der Waals surface area contributed by atoms with Gasteiger partial charge in [0.15, 0.2) is 0 Å². The van der Waals surface area contributed by atoms with Gasteiger partial charge in [0, 0.05) is 12.6 Å². The molecule has 0 heterocycles. The second-order valence-electron chi connectivity index (χ2n) is 7.04. The van der Waals surface area contributed by atoms with Gasteiger partial charge in [-0.2, -0.15) is 0 Å². The monoisotopic (exact) mass is 286 g/mol. The van der Waals surface area contributed by atoms with Crippen LogP contribution in [-0.2, 0) is 4.74 Å². The molecule has 4 nitrogen and oxygen atoms in total. The Labute approximate surface area is 125 Å². The third-order valence-corrected chi connectivity index (χ3v) is 3.18. The van der Waals surface area contributed by atoms with Crippen molar-refractivity contribution in [3.63, 3.8) is 0 Å². The van der Waals surface area contributed by atoms with E-state index >= 15 is 0 Å². The van der Waals surface area contributed by atoms with Crippen molar-refractivity contribution in [1.82, 2.24) is 10.6 Å². The van der Waals surface area contributed by atoms with Crippen LogP contribution >= 0.6 is 0 Å². The largest absolute Gasteiger partial charge is 0.444 e. The summed E-state index contributed by atoms with van der Waals surface area (Å²) >= 11 is 0. The van der Waals surface area contributed by atoms with Gasteiger partial charge in [-0.3, -0.25) is 0 Å². The molecule has 120 valence electrons. The van der Waals surface area contributed by atoms with Crippen LogP contribution in [0.15, 0.2) is 0 Å². The minimum atomic E-state index is -0.444. The molecular weight excluding hydrogens is 252 g/mol. The summed E-state index contributed by atoms with van der Waals surface area (Å²) in [7, 11) is 0. The van der Waals surface area contributed by atoms with Crippen molar-refractivity contribution in [2.45, 2.75) is 73.0 Å². The van der Waals surface area contributed by atoms with Crippen LogP contribution in [0.3, 0.4) is 0 Å². The molecule has 0 fully saturated rings. The Morgan fingerprint density at radius 3 is 2.20 bits per heavy atom. The predicted octanol–water partition coefficient (Wildman–Crippen LogP) is 3.56. The lowest BCUT2D eigenvalue weighted by Crippen LogP contribution is -2.46. The second kappa shape index (κ2) is 9.22. The summed E-state index contributed by atoms with van der Waals surface area (Å²) in [6.07, 6.45) is 2.11. The Hall–Kier alpha value is -0.770. The lowest BCUT2D eigenvalue weighted by molar-refractivity contribution is 0.0519. The first kappa shape index (κ1) is 19.2. The number of ether oxygens (including phenoxy) is 1. The van der Waals surface area contributed by atoms with Gasteiger partial charge in [0.1, 0.15) is 5.60 Å². The lowest BCUT2D eigenvalue weighted by atomic mass is 10.0. The van der Waals surface area contributed by atoms with Crippen molar-refractivity contribution in [3.8, 4) is 0 Å². The minimum absolute atomic E-state index is 0.279. The maximum atomic E-state index is 11.7. The molecule has 4 heteroatoms. The number of carbonyl (C=O) groups excluding carboxylic acids is 1. The fourth-order valence-corrected chi connectivity index (χ4v) is 2.00. The van der Waals surface area contributed by atoms with E-state index in [0.717, 1.165) is 6.54 Å². The SMILES string of the molecule is CCCC(C)CNC(CNC(=O)OC(C)(C)C)C(C)C. The fraction of sp³-hybridized carbons (Fsp3) is 0.938. The summed E-state index contributed by atoms with van der Waals surface area (Å²) in [5.74, 6) is 1.14. The zero-order valence-corrected chi connectivity index (χ0v) is 14.4. The molecule has 0 aromatic carbocycles. The molecule has 0 spiro atoms. The standard InChI is InChI=1S/C16H34N2O2/c1-8-9-13(4)10-17-14(12(2)3)11-18-15(19)20-16(5,6)7/h12-14,17H,8-11H2,1-7H3,(H,18,19). The normalized spacial score (nSPS) is 15.0. The Bertz CT molecular complexity index is 272. The van der Waals surface area contributed by atoms with Crippen LogP contribution in [0.2, 0.25) is 0 Å². The minimum Gasteiger partial charge on any atom is -0.444 e. The molecular formula is C16H34N2O2. The van der Waals surface area contributed by atoms with E-state index in [2.05, 4.69) is 38.3 Å². The molecule has 0 aliphatic carbocycles. The molecule has 2 N–H and O–H groups in total. The predicted molar refractivity (Wildman–Crippen MR) is 84.9 cm³/mol. The van der Waals surface area contributed by atoms with Gasteiger partial charge in [0.25, 0.3) is 0 Å². The van der Waals surface area contributed by atoms with Gasteiger partial charge in [0.05, 0.1) is 0 Å². The first-order chi connectivity index (χ1) is 9.15. The molecule has 0 radical (unpaired) electrons. The van der Waals surface area contributed by atoms with Gasteiger partial charge in [-0.1, -0.05) is 34.1 Å². The molecule has 0 aromatic heterocycles. The summed E-state index contributed by atoms with van der Waals surface area (Å²) in [5, 5.41) is 6.40. The molecule has 2 atom stereocenters. The average molecular weight is 286 g/mol. The van der Waals surface area contributed by atoms with Crippen molar-refractivity contribution in [3.05, 3.63) is 0 Å². The van der Waals surface area contributed by atoms with E-state index in [4.69, 9.17) is 4.74 Å². The number of hydrogen-bond acceptors (Lipinski definition) is 3. The van der Waals surface area contributed by atoms with Crippen LogP contribution in [0, 0.1) is 11.8 Å².